The van der Waals surface area contributed by atoms with Crippen LogP contribution < -0.4 is 10.5 Å². The van der Waals surface area contributed by atoms with Gasteiger partial charge in [-0.2, -0.15) is 5.10 Å². The molecule has 0 amide bonds. The van der Waals surface area contributed by atoms with Crippen molar-refractivity contribution in [1.29, 1.82) is 0 Å². The van der Waals surface area contributed by atoms with E-state index in [4.69, 9.17) is 10.5 Å². The number of pyridine rings is 1. The van der Waals surface area contributed by atoms with Crippen LogP contribution in [-0.2, 0) is 0 Å². The van der Waals surface area contributed by atoms with E-state index in [-0.39, 0.29) is 5.84 Å². The molecule has 0 aromatic carbocycles. The summed E-state index contributed by atoms with van der Waals surface area (Å²) < 4.78 is 4.97. The quantitative estimate of drug-likeness (QED) is 0.508. The monoisotopic (exact) mass is 270 g/mol. The zero-order valence-corrected chi connectivity index (χ0v) is 11.2. The molecule has 102 valence electrons. The second-order valence-electron chi connectivity index (χ2n) is 3.85. The average Bonchev–Trinajstić information content (AvgIpc) is 2.53. The molecule has 0 unspecified atom stereocenters. The normalized spacial score (nSPS) is 12.3. The maximum Gasteiger partial charge on any atom is 0.232 e. The van der Waals surface area contributed by atoms with Gasteiger partial charge in [0.15, 0.2) is 5.84 Å². The Labute approximate surface area is 116 Å². The molecule has 0 bridgehead atoms. The van der Waals surface area contributed by atoms with Crippen LogP contribution in [-0.4, -0.2) is 33.6 Å². The molecule has 7 heteroatoms. The predicted molar refractivity (Wildman–Crippen MR) is 75.8 cm³/mol. The minimum absolute atomic E-state index is 0.171. The topological polar surface area (TPSA) is 98.6 Å². The third-order valence-corrected chi connectivity index (χ3v) is 2.49. The Kier molecular flexibility index (Phi) is 4.33. The average molecular weight is 270 g/mol. The number of amidine groups is 1. The Morgan fingerprint density at radius 2 is 1.90 bits per heavy atom. The fourth-order valence-electron chi connectivity index (χ4n) is 1.40. The van der Waals surface area contributed by atoms with E-state index >= 15 is 0 Å². The number of hydrogen-bond donors (Lipinski definition) is 1. The van der Waals surface area contributed by atoms with E-state index in [1.807, 2.05) is 19.1 Å². The molecular formula is C13H14N6O. The molecule has 2 rings (SSSR count). The van der Waals surface area contributed by atoms with E-state index in [2.05, 4.69) is 25.2 Å². The lowest BCUT2D eigenvalue weighted by Crippen LogP contribution is -2.15. The molecule has 0 fully saturated rings. The van der Waals surface area contributed by atoms with Crippen LogP contribution in [0.15, 0.2) is 47.1 Å². The first-order valence-electron chi connectivity index (χ1n) is 5.85. The first kappa shape index (κ1) is 13.6. The number of nitrogens with zero attached hydrogens (tertiary/aromatic N) is 5. The summed E-state index contributed by atoms with van der Waals surface area (Å²) in [6.07, 6.45) is 6.37. The molecule has 2 aromatic heterocycles. The summed E-state index contributed by atoms with van der Waals surface area (Å²) in [5.41, 5.74) is 7.88. The number of methoxy groups -OCH3 is 1. The van der Waals surface area contributed by atoms with E-state index in [0.29, 0.717) is 11.6 Å². The van der Waals surface area contributed by atoms with Gasteiger partial charge in [-0.25, -0.2) is 4.98 Å². The van der Waals surface area contributed by atoms with Gasteiger partial charge in [0.05, 0.1) is 25.2 Å². The van der Waals surface area contributed by atoms with Crippen molar-refractivity contribution >= 4 is 11.5 Å². The lowest BCUT2D eigenvalue weighted by molar-refractivity contribution is 0.395. The molecule has 0 aliphatic carbocycles. The highest BCUT2D eigenvalue weighted by Crippen LogP contribution is 2.04. The van der Waals surface area contributed by atoms with Gasteiger partial charge in [0.25, 0.3) is 0 Å². The number of ether oxygens (including phenoxy) is 1. The molecule has 0 aliphatic rings. The molecule has 0 saturated carbocycles. The smallest absolute Gasteiger partial charge is 0.232 e. The van der Waals surface area contributed by atoms with Crippen molar-refractivity contribution in [1.82, 2.24) is 15.0 Å². The summed E-state index contributed by atoms with van der Waals surface area (Å²) in [5.74, 6) is 0.542. The second-order valence-corrected chi connectivity index (χ2v) is 3.85. The molecule has 0 radical (unpaired) electrons. The van der Waals surface area contributed by atoms with E-state index < -0.39 is 0 Å². The maximum absolute atomic E-state index is 5.82. The highest BCUT2D eigenvalue weighted by atomic mass is 16.5. The maximum atomic E-state index is 5.82. The van der Waals surface area contributed by atoms with E-state index in [1.54, 1.807) is 12.4 Å². The van der Waals surface area contributed by atoms with Gasteiger partial charge in [-0.3, -0.25) is 9.97 Å². The van der Waals surface area contributed by atoms with Gasteiger partial charge in [-0.05, 0) is 19.1 Å². The van der Waals surface area contributed by atoms with Gasteiger partial charge < -0.3 is 10.5 Å². The van der Waals surface area contributed by atoms with Gasteiger partial charge in [-0.1, -0.05) is 0 Å². The van der Waals surface area contributed by atoms with Gasteiger partial charge in [0, 0.05) is 18.0 Å². The molecule has 0 spiro atoms. The largest absolute Gasteiger partial charge is 0.480 e. The molecule has 2 aromatic rings. The fraction of sp³-hybridized carbons (Fsp3) is 0.154. The molecule has 0 saturated heterocycles. The lowest BCUT2D eigenvalue weighted by Gasteiger charge is -2.01. The number of nitrogens with two attached hydrogens (primary N) is 1. The van der Waals surface area contributed by atoms with Crippen LogP contribution in [0.2, 0.25) is 0 Å². The third-order valence-electron chi connectivity index (χ3n) is 2.49. The SMILES string of the molecule is COc1cncc(C(N)=N/N=C(\C)c2ccncc2)n1. The Hall–Kier alpha value is -2.83. The minimum Gasteiger partial charge on any atom is -0.480 e. The molecular weight excluding hydrogens is 256 g/mol. The first-order valence-corrected chi connectivity index (χ1v) is 5.85. The van der Waals surface area contributed by atoms with E-state index in [0.717, 1.165) is 11.3 Å². The Balaban J connectivity index is 2.22. The third kappa shape index (κ3) is 3.35. The summed E-state index contributed by atoms with van der Waals surface area (Å²) in [7, 11) is 1.51. The number of aromatic nitrogens is 3. The van der Waals surface area contributed by atoms with Crippen molar-refractivity contribution in [3.8, 4) is 5.88 Å². The highest BCUT2D eigenvalue weighted by Gasteiger charge is 2.03. The lowest BCUT2D eigenvalue weighted by atomic mass is 10.2. The van der Waals surface area contributed by atoms with Gasteiger partial charge >= 0.3 is 0 Å². The van der Waals surface area contributed by atoms with Crippen LogP contribution in [0.3, 0.4) is 0 Å². The van der Waals surface area contributed by atoms with Crippen LogP contribution in [0.1, 0.15) is 18.2 Å². The van der Waals surface area contributed by atoms with Crippen LogP contribution in [0.5, 0.6) is 5.88 Å². The Bertz CT molecular complexity index is 638. The molecule has 0 atom stereocenters. The summed E-state index contributed by atoms with van der Waals surface area (Å²) in [5, 5.41) is 8.02. The predicted octanol–water partition coefficient (Wildman–Crippen LogP) is 1.01. The summed E-state index contributed by atoms with van der Waals surface area (Å²) in [6, 6.07) is 3.69. The standard InChI is InChI=1S/C13H14N6O/c1-9(10-3-5-15-6-4-10)18-19-13(14)11-7-16-8-12(17-11)20-2/h3-8H,1-2H3,(H2,14,19)/b18-9+. The summed E-state index contributed by atoms with van der Waals surface area (Å²) >= 11 is 0. The Morgan fingerprint density at radius 1 is 1.15 bits per heavy atom. The van der Waals surface area contributed by atoms with Crippen molar-refractivity contribution in [3.63, 3.8) is 0 Å². The van der Waals surface area contributed by atoms with Crippen molar-refractivity contribution in [2.24, 2.45) is 15.9 Å². The van der Waals surface area contributed by atoms with E-state index in [1.165, 1.54) is 19.5 Å². The van der Waals surface area contributed by atoms with Crippen LogP contribution in [0.25, 0.3) is 0 Å². The van der Waals surface area contributed by atoms with Crippen molar-refractivity contribution in [3.05, 3.63) is 48.2 Å². The van der Waals surface area contributed by atoms with Gasteiger partial charge in [0.2, 0.25) is 5.88 Å². The molecule has 7 nitrogen and oxygen atoms in total. The molecule has 2 N–H and O–H groups in total. The summed E-state index contributed by atoms with van der Waals surface area (Å²) in [4.78, 5) is 12.0. The van der Waals surface area contributed by atoms with Crippen LogP contribution in [0, 0.1) is 0 Å². The number of hydrogen-bond acceptors (Lipinski definition) is 6. The zero-order valence-electron chi connectivity index (χ0n) is 11.2. The van der Waals surface area contributed by atoms with Gasteiger partial charge in [0.1, 0.15) is 5.69 Å². The second kappa shape index (κ2) is 6.37. The van der Waals surface area contributed by atoms with Crippen molar-refractivity contribution < 1.29 is 4.74 Å². The number of rotatable bonds is 4. The first-order chi connectivity index (χ1) is 9.70. The molecule has 20 heavy (non-hydrogen) atoms. The fourth-order valence-corrected chi connectivity index (χ4v) is 1.40. The van der Waals surface area contributed by atoms with Crippen LogP contribution in [0.4, 0.5) is 0 Å². The van der Waals surface area contributed by atoms with Crippen LogP contribution >= 0.6 is 0 Å². The van der Waals surface area contributed by atoms with Crippen molar-refractivity contribution in [2.75, 3.05) is 7.11 Å². The summed E-state index contributed by atoms with van der Waals surface area (Å²) in [6.45, 7) is 1.84. The zero-order chi connectivity index (χ0) is 14.4. The van der Waals surface area contributed by atoms with E-state index in [9.17, 15) is 0 Å². The highest BCUT2D eigenvalue weighted by molar-refractivity contribution is 6.00. The van der Waals surface area contributed by atoms with Gasteiger partial charge in [-0.15, -0.1) is 5.10 Å². The molecule has 0 aliphatic heterocycles. The Morgan fingerprint density at radius 3 is 2.60 bits per heavy atom. The molecule has 2 heterocycles. The minimum atomic E-state index is 0.171. The van der Waals surface area contributed by atoms with Crippen molar-refractivity contribution in [2.45, 2.75) is 6.92 Å².